The van der Waals surface area contributed by atoms with E-state index in [4.69, 9.17) is 4.42 Å². The van der Waals surface area contributed by atoms with E-state index in [1.54, 1.807) is 12.3 Å². The minimum atomic E-state index is 0.662. The van der Waals surface area contributed by atoms with Gasteiger partial charge in [-0.25, -0.2) is 0 Å². The fraction of sp³-hybridized carbons (Fsp3) is 0. The minimum Gasteiger partial charge on any atom is -0.464 e. The lowest BCUT2D eigenvalue weighted by Gasteiger charge is -1.85. The first kappa shape index (κ1) is 5.51. The average molecular weight is 126 g/mol. The van der Waals surface area contributed by atoms with Crippen molar-refractivity contribution >= 4 is 17.5 Å². The smallest absolute Gasteiger partial charge is 0.139 e. The molecule has 1 rings (SSSR count). The van der Waals surface area contributed by atoms with Gasteiger partial charge in [0.05, 0.1) is 6.26 Å². The van der Waals surface area contributed by atoms with Crippen LogP contribution in [0.15, 0.2) is 29.4 Å². The third-order valence-electron chi connectivity index (χ3n) is 0.806. The van der Waals surface area contributed by atoms with Crippen LogP contribution >= 0.6 is 12.6 Å². The van der Waals surface area contributed by atoms with Crippen molar-refractivity contribution in [1.29, 1.82) is 0 Å². The van der Waals surface area contributed by atoms with Gasteiger partial charge in [-0.3, -0.25) is 0 Å². The Balaban J connectivity index is 2.93. The van der Waals surface area contributed by atoms with E-state index in [9.17, 15) is 0 Å². The third-order valence-corrected chi connectivity index (χ3v) is 1.03. The monoisotopic (exact) mass is 126 g/mol. The van der Waals surface area contributed by atoms with Crippen LogP contribution in [-0.4, -0.2) is 0 Å². The van der Waals surface area contributed by atoms with Gasteiger partial charge in [0.15, 0.2) is 0 Å². The molecule has 42 valence electrons. The molecule has 0 saturated heterocycles. The first-order chi connectivity index (χ1) is 3.80. The van der Waals surface area contributed by atoms with E-state index in [0.29, 0.717) is 4.91 Å². The SMILES string of the molecule is C=C(S)c1ccco1. The van der Waals surface area contributed by atoms with Gasteiger partial charge in [-0.2, -0.15) is 0 Å². The van der Waals surface area contributed by atoms with E-state index < -0.39 is 0 Å². The van der Waals surface area contributed by atoms with Gasteiger partial charge in [-0.15, -0.1) is 12.6 Å². The quantitative estimate of drug-likeness (QED) is 0.569. The second-order valence-electron chi connectivity index (χ2n) is 1.42. The zero-order valence-electron chi connectivity index (χ0n) is 4.29. The largest absolute Gasteiger partial charge is 0.464 e. The van der Waals surface area contributed by atoms with E-state index in [0.717, 1.165) is 5.76 Å². The summed E-state index contributed by atoms with van der Waals surface area (Å²) in [6.07, 6.45) is 1.59. The van der Waals surface area contributed by atoms with E-state index in [1.807, 2.05) is 6.07 Å². The Kier molecular flexibility index (Phi) is 1.44. The summed E-state index contributed by atoms with van der Waals surface area (Å²) in [5.41, 5.74) is 0. The van der Waals surface area contributed by atoms with Crippen LogP contribution in [0.3, 0.4) is 0 Å². The summed E-state index contributed by atoms with van der Waals surface area (Å²) in [5.74, 6) is 0.730. The van der Waals surface area contributed by atoms with Gasteiger partial charge in [0.25, 0.3) is 0 Å². The Morgan fingerprint density at radius 1 is 1.75 bits per heavy atom. The topological polar surface area (TPSA) is 13.1 Å². The molecule has 8 heavy (non-hydrogen) atoms. The predicted octanol–water partition coefficient (Wildman–Crippen LogP) is 2.18. The molecular formula is C6H6OS. The van der Waals surface area contributed by atoms with Crippen LogP contribution in [0.5, 0.6) is 0 Å². The minimum absolute atomic E-state index is 0.662. The van der Waals surface area contributed by atoms with Crippen LogP contribution in [0.2, 0.25) is 0 Å². The maximum atomic E-state index is 4.92. The molecule has 0 aliphatic heterocycles. The molecule has 0 fully saturated rings. The number of hydrogen-bond acceptors (Lipinski definition) is 2. The maximum absolute atomic E-state index is 4.92. The van der Waals surface area contributed by atoms with Gasteiger partial charge >= 0.3 is 0 Å². The molecule has 0 bridgehead atoms. The molecule has 0 spiro atoms. The highest BCUT2D eigenvalue weighted by Gasteiger charge is 1.91. The van der Waals surface area contributed by atoms with Crippen LogP contribution in [-0.2, 0) is 0 Å². The molecule has 0 N–H and O–H groups in total. The zero-order chi connectivity index (χ0) is 5.98. The van der Waals surface area contributed by atoms with Crippen molar-refractivity contribution in [1.82, 2.24) is 0 Å². The van der Waals surface area contributed by atoms with Gasteiger partial charge in [0.1, 0.15) is 5.76 Å². The molecule has 0 radical (unpaired) electrons. The van der Waals surface area contributed by atoms with E-state index in [-0.39, 0.29) is 0 Å². The fourth-order valence-electron chi connectivity index (χ4n) is 0.443. The van der Waals surface area contributed by atoms with Crippen molar-refractivity contribution in [3.05, 3.63) is 30.7 Å². The lowest BCUT2D eigenvalue weighted by atomic mass is 10.4. The lowest BCUT2D eigenvalue weighted by Crippen LogP contribution is -1.61. The van der Waals surface area contributed by atoms with E-state index >= 15 is 0 Å². The van der Waals surface area contributed by atoms with Gasteiger partial charge < -0.3 is 4.42 Å². The van der Waals surface area contributed by atoms with Gasteiger partial charge in [-0.1, -0.05) is 6.58 Å². The molecule has 0 saturated carbocycles. The molecule has 0 amide bonds. The number of furan rings is 1. The number of thiol groups is 1. The van der Waals surface area contributed by atoms with Crippen LogP contribution in [0.4, 0.5) is 0 Å². The lowest BCUT2D eigenvalue weighted by molar-refractivity contribution is 0.556. The van der Waals surface area contributed by atoms with E-state index in [2.05, 4.69) is 19.2 Å². The van der Waals surface area contributed by atoms with Crippen molar-refractivity contribution < 1.29 is 4.42 Å². The maximum Gasteiger partial charge on any atom is 0.139 e. The van der Waals surface area contributed by atoms with Crippen LogP contribution in [0.25, 0.3) is 4.91 Å². The van der Waals surface area contributed by atoms with Crippen molar-refractivity contribution in [3.8, 4) is 0 Å². The molecule has 0 aliphatic carbocycles. The van der Waals surface area contributed by atoms with Crippen LogP contribution < -0.4 is 0 Å². The Morgan fingerprint density at radius 2 is 2.50 bits per heavy atom. The van der Waals surface area contributed by atoms with Crippen LogP contribution in [0, 0.1) is 0 Å². The molecule has 1 heterocycles. The van der Waals surface area contributed by atoms with Crippen molar-refractivity contribution in [3.63, 3.8) is 0 Å². The number of hydrogen-bond donors (Lipinski definition) is 1. The first-order valence-corrected chi connectivity index (χ1v) is 2.67. The van der Waals surface area contributed by atoms with Crippen LogP contribution in [0.1, 0.15) is 5.76 Å². The second kappa shape index (κ2) is 2.09. The standard InChI is InChI=1S/C6H6OS/c1-5(8)6-3-2-4-7-6/h2-4,8H,1H2. The zero-order valence-corrected chi connectivity index (χ0v) is 5.19. The summed E-state index contributed by atoms with van der Waals surface area (Å²) in [6.45, 7) is 3.57. The first-order valence-electron chi connectivity index (χ1n) is 2.22. The summed E-state index contributed by atoms with van der Waals surface area (Å²) in [5, 5.41) is 0. The second-order valence-corrected chi connectivity index (χ2v) is 1.96. The summed E-state index contributed by atoms with van der Waals surface area (Å²) in [7, 11) is 0. The molecule has 2 heteroatoms. The molecule has 0 atom stereocenters. The summed E-state index contributed by atoms with van der Waals surface area (Å²) < 4.78 is 4.92. The van der Waals surface area contributed by atoms with E-state index in [1.165, 1.54) is 0 Å². The summed E-state index contributed by atoms with van der Waals surface area (Å²) in [6, 6.07) is 3.62. The fourth-order valence-corrected chi connectivity index (χ4v) is 0.570. The molecule has 0 unspecified atom stereocenters. The molecule has 1 nitrogen and oxygen atoms in total. The highest BCUT2D eigenvalue weighted by atomic mass is 32.1. The summed E-state index contributed by atoms with van der Waals surface area (Å²) >= 11 is 3.97. The van der Waals surface area contributed by atoms with Gasteiger partial charge in [0, 0.05) is 4.91 Å². The van der Waals surface area contributed by atoms with Crippen molar-refractivity contribution in [2.24, 2.45) is 0 Å². The Bertz CT molecular complexity index is 176. The third kappa shape index (κ3) is 0.954. The Morgan fingerprint density at radius 3 is 2.75 bits per heavy atom. The van der Waals surface area contributed by atoms with Crippen molar-refractivity contribution in [2.45, 2.75) is 0 Å². The normalized spacial score (nSPS) is 9.12. The van der Waals surface area contributed by atoms with Gasteiger partial charge in [-0.05, 0) is 12.1 Å². The highest BCUT2D eigenvalue weighted by molar-refractivity contribution is 7.90. The predicted molar refractivity (Wildman–Crippen MR) is 36.7 cm³/mol. The highest BCUT2D eigenvalue weighted by Crippen LogP contribution is 2.14. The summed E-state index contributed by atoms with van der Waals surface area (Å²) in [4.78, 5) is 0.662. The molecule has 1 aromatic rings. The van der Waals surface area contributed by atoms with Crippen molar-refractivity contribution in [2.75, 3.05) is 0 Å². The Hall–Kier alpha value is -0.630. The molecule has 1 aromatic heterocycles. The molecular weight excluding hydrogens is 120 g/mol. The van der Waals surface area contributed by atoms with Gasteiger partial charge in [0.2, 0.25) is 0 Å². The molecule has 0 aliphatic rings. The Labute approximate surface area is 53.4 Å². The molecule has 0 aromatic carbocycles. The number of rotatable bonds is 1. The average Bonchev–Trinajstić information content (AvgIpc) is 2.12.